The number of rotatable bonds is 9. The molecule has 1 unspecified atom stereocenters. The van der Waals surface area contributed by atoms with Crippen LogP contribution in [0.15, 0.2) is 0 Å². The van der Waals surface area contributed by atoms with Crippen LogP contribution in [0.3, 0.4) is 0 Å². The maximum atomic E-state index is 3.93. The first kappa shape index (κ1) is 16.0. The van der Waals surface area contributed by atoms with Crippen LogP contribution in [-0.2, 0) is 0 Å². The summed E-state index contributed by atoms with van der Waals surface area (Å²) in [7, 11) is 0. The first-order valence-corrected chi connectivity index (χ1v) is 8.18. The van der Waals surface area contributed by atoms with E-state index in [-0.39, 0.29) is 0 Å². The maximum Gasteiger partial charge on any atom is 0.0153 e. The molecule has 1 rings (SSSR count). The van der Waals surface area contributed by atoms with Gasteiger partial charge in [-0.25, -0.2) is 0 Å². The molecule has 1 fully saturated rings. The Bertz CT molecular complexity index is 199. The zero-order valence-corrected chi connectivity index (χ0v) is 12.9. The molecule has 1 aliphatic heterocycles. The largest absolute Gasteiger partial charge is 0.317 e. The molecular weight excluding hydrogens is 220 g/mol. The highest BCUT2D eigenvalue weighted by Gasteiger charge is 2.25. The maximum absolute atomic E-state index is 3.93. The van der Waals surface area contributed by atoms with Crippen molar-refractivity contribution in [3.05, 3.63) is 0 Å². The SMILES string of the molecule is CCCCCCCC(C)(CC)NC1CCNCC1. The van der Waals surface area contributed by atoms with Crippen LogP contribution in [0.4, 0.5) is 0 Å². The standard InChI is InChI=1S/C16H34N2/c1-4-6-7-8-9-12-16(3,5-2)18-15-10-13-17-14-11-15/h15,17-18H,4-14H2,1-3H3. The fourth-order valence-corrected chi connectivity index (χ4v) is 2.93. The van der Waals surface area contributed by atoms with Crippen LogP contribution in [0.25, 0.3) is 0 Å². The minimum atomic E-state index is 0.369. The van der Waals surface area contributed by atoms with Crippen LogP contribution in [0.5, 0.6) is 0 Å². The van der Waals surface area contributed by atoms with E-state index in [1.54, 1.807) is 0 Å². The summed E-state index contributed by atoms with van der Waals surface area (Å²) in [6, 6.07) is 0.742. The van der Waals surface area contributed by atoms with Crippen molar-refractivity contribution in [3.63, 3.8) is 0 Å². The van der Waals surface area contributed by atoms with Gasteiger partial charge in [0.05, 0.1) is 0 Å². The fraction of sp³-hybridized carbons (Fsp3) is 1.00. The average molecular weight is 254 g/mol. The molecule has 18 heavy (non-hydrogen) atoms. The zero-order chi connectivity index (χ0) is 13.3. The van der Waals surface area contributed by atoms with Crippen molar-refractivity contribution < 1.29 is 0 Å². The van der Waals surface area contributed by atoms with Gasteiger partial charge in [-0.1, -0.05) is 46.0 Å². The van der Waals surface area contributed by atoms with Crippen LogP contribution in [0, 0.1) is 0 Å². The Hall–Kier alpha value is -0.0800. The van der Waals surface area contributed by atoms with Crippen molar-refractivity contribution in [2.75, 3.05) is 13.1 Å². The quantitative estimate of drug-likeness (QED) is 0.611. The van der Waals surface area contributed by atoms with Gasteiger partial charge in [-0.15, -0.1) is 0 Å². The second kappa shape index (κ2) is 8.92. The number of hydrogen-bond acceptors (Lipinski definition) is 2. The van der Waals surface area contributed by atoms with E-state index in [4.69, 9.17) is 0 Å². The van der Waals surface area contributed by atoms with Gasteiger partial charge >= 0.3 is 0 Å². The van der Waals surface area contributed by atoms with Crippen LogP contribution < -0.4 is 10.6 Å². The summed E-state index contributed by atoms with van der Waals surface area (Å²) in [5, 5.41) is 7.38. The molecule has 0 bridgehead atoms. The predicted octanol–water partition coefficient (Wildman–Crippen LogP) is 3.86. The molecule has 0 radical (unpaired) electrons. The lowest BCUT2D eigenvalue weighted by Crippen LogP contribution is -2.51. The van der Waals surface area contributed by atoms with Crippen LogP contribution in [0.1, 0.15) is 78.6 Å². The highest BCUT2D eigenvalue weighted by molar-refractivity contribution is 4.87. The third-order valence-electron chi connectivity index (χ3n) is 4.50. The third-order valence-corrected chi connectivity index (χ3v) is 4.50. The lowest BCUT2D eigenvalue weighted by Gasteiger charge is -2.36. The van der Waals surface area contributed by atoms with Gasteiger partial charge in [-0.05, 0) is 45.7 Å². The molecule has 1 saturated heterocycles. The smallest absolute Gasteiger partial charge is 0.0153 e. The second-order valence-corrected chi connectivity index (χ2v) is 6.25. The molecule has 2 heteroatoms. The molecule has 1 heterocycles. The van der Waals surface area contributed by atoms with Crippen LogP contribution in [0.2, 0.25) is 0 Å². The molecule has 0 aromatic heterocycles. The minimum absolute atomic E-state index is 0.369. The Morgan fingerprint density at radius 3 is 2.33 bits per heavy atom. The topological polar surface area (TPSA) is 24.1 Å². The van der Waals surface area contributed by atoms with E-state index in [0.29, 0.717) is 5.54 Å². The van der Waals surface area contributed by atoms with Crippen molar-refractivity contribution >= 4 is 0 Å². The normalized spacial score (nSPS) is 20.8. The molecule has 0 aliphatic carbocycles. The van der Waals surface area contributed by atoms with Gasteiger partial charge in [-0.3, -0.25) is 0 Å². The second-order valence-electron chi connectivity index (χ2n) is 6.25. The van der Waals surface area contributed by atoms with Crippen LogP contribution in [-0.4, -0.2) is 24.7 Å². The Kier molecular flexibility index (Phi) is 7.92. The summed E-state index contributed by atoms with van der Waals surface area (Å²) in [5.74, 6) is 0. The molecule has 0 aromatic rings. The van der Waals surface area contributed by atoms with Gasteiger partial charge in [-0.2, -0.15) is 0 Å². The van der Waals surface area contributed by atoms with Crippen molar-refractivity contribution in [1.82, 2.24) is 10.6 Å². The lowest BCUT2D eigenvalue weighted by molar-refractivity contribution is 0.243. The molecule has 2 nitrogen and oxygen atoms in total. The fourth-order valence-electron chi connectivity index (χ4n) is 2.93. The first-order chi connectivity index (χ1) is 8.70. The van der Waals surface area contributed by atoms with Crippen molar-refractivity contribution in [1.29, 1.82) is 0 Å². The average Bonchev–Trinajstić information content (AvgIpc) is 2.40. The zero-order valence-electron chi connectivity index (χ0n) is 12.9. The molecule has 0 spiro atoms. The summed E-state index contributed by atoms with van der Waals surface area (Å²) >= 11 is 0. The molecular formula is C16H34N2. The lowest BCUT2D eigenvalue weighted by atomic mass is 9.89. The first-order valence-electron chi connectivity index (χ1n) is 8.18. The summed E-state index contributed by atoms with van der Waals surface area (Å²) in [6.07, 6.45) is 12.2. The molecule has 0 aromatic carbocycles. The molecule has 0 amide bonds. The monoisotopic (exact) mass is 254 g/mol. The number of unbranched alkanes of at least 4 members (excludes halogenated alkanes) is 4. The van der Waals surface area contributed by atoms with Gasteiger partial charge in [0.25, 0.3) is 0 Å². The number of hydrogen-bond donors (Lipinski definition) is 2. The van der Waals surface area contributed by atoms with Gasteiger partial charge < -0.3 is 10.6 Å². The predicted molar refractivity (Wildman–Crippen MR) is 81.1 cm³/mol. The summed E-state index contributed by atoms with van der Waals surface area (Å²) in [6.45, 7) is 9.42. The van der Waals surface area contributed by atoms with E-state index in [0.717, 1.165) is 6.04 Å². The van der Waals surface area contributed by atoms with Crippen molar-refractivity contribution in [2.24, 2.45) is 0 Å². The molecule has 2 N–H and O–H groups in total. The third kappa shape index (κ3) is 6.19. The van der Waals surface area contributed by atoms with E-state index >= 15 is 0 Å². The summed E-state index contributed by atoms with van der Waals surface area (Å²) in [4.78, 5) is 0. The van der Waals surface area contributed by atoms with Crippen molar-refractivity contribution in [3.8, 4) is 0 Å². The van der Waals surface area contributed by atoms with Crippen molar-refractivity contribution in [2.45, 2.75) is 90.1 Å². The Labute approximate surface area is 114 Å². The Balaban J connectivity index is 2.22. The molecule has 108 valence electrons. The summed E-state index contributed by atoms with van der Waals surface area (Å²) < 4.78 is 0. The number of nitrogens with one attached hydrogen (secondary N) is 2. The van der Waals surface area contributed by atoms with E-state index in [9.17, 15) is 0 Å². The highest BCUT2D eigenvalue weighted by atomic mass is 15.0. The van der Waals surface area contributed by atoms with E-state index in [2.05, 4.69) is 31.4 Å². The van der Waals surface area contributed by atoms with Gasteiger partial charge in [0.15, 0.2) is 0 Å². The van der Waals surface area contributed by atoms with E-state index in [1.165, 1.54) is 70.9 Å². The number of piperidine rings is 1. The highest BCUT2D eigenvalue weighted by Crippen LogP contribution is 2.21. The van der Waals surface area contributed by atoms with Crippen LogP contribution >= 0.6 is 0 Å². The molecule has 1 atom stereocenters. The molecule has 1 aliphatic rings. The van der Waals surface area contributed by atoms with Gasteiger partial charge in [0, 0.05) is 11.6 Å². The van der Waals surface area contributed by atoms with Gasteiger partial charge in [0.2, 0.25) is 0 Å². The Morgan fingerprint density at radius 1 is 1.06 bits per heavy atom. The summed E-state index contributed by atoms with van der Waals surface area (Å²) in [5.41, 5.74) is 0.369. The van der Waals surface area contributed by atoms with E-state index < -0.39 is 0 Å². The molecule has 0 saturated carbocycles. The van der Waals surface area contributed by atoms with E-state index in [1.807, 2.05) is 0 Å². The minimum Gasteiger partial charge on any atom is -0.317 e. The Morgan fingerprint density at radius 2 is 1.72 bits per heavy atom. The van der Waals surface area contributed by atoms with Gasteiger partial charge in [0.1, 0.15) is 0 Å².